The van der Waals surface area contributed by atoms with Gasteiger partial charge in [-0.25, -0.2) is 0 Å². The predicted molar refractivity (Wildman–Crippen MR) is 108 cm³/mol. The molecular weight excluding hydrogens is 338 g/mol. The minimum absolute atomic E-state index is 0.123. The molecular formula is C23H25NO3. The van der Waals surface area contributed by atoms with Gasteiger partial charge in [0.05, 0.1) is 6.54 Å². The topological polar surface area (TPSA) is 47.6 Å². The monoisotopic (exact) mass is 363 g/mol. The molecule has 0 spiro atoms. The molecule has 0 fully saturated rings. The number of fused-ring (bicyclic) bond motifs is 1. The van der Waals surface area contributed by atoms with Gasteiger partial charge in [0.15, 0.2) is 6.10 Å². The molecule has 1 amide bonds. The molecule has 3 rings (SSSR count). The molecule has 0 radical (unpaired) electrons. The highest BCUT2D eigenvalue weighted by Crippen LogP contribution is 2.25. The number of aryl methyl sites for hydroxylation is 1. The lowest BCUT2D eigenvalue weighted by atomic mass is 10.1. The van der Waals surface area contributed by atoms with Crippen LogP contribution in [0.4, 0.5) is 0 Å². The molecule has 0 saturated heterocycles. The van der Waals surface area contributed by atoms with Crippen LogP contribution in [-0.2, 0) is 4.79 Å². The van der Waals surface area contributed by atoms with Crippen LogP contribution in [0.5, 0.6) is 11.5 Å². The van der Waals surface area contributed by atoms with Gasteiger partial charge in [0.1, 0.15) is 18.1 Å². The van der Waals surface area contributed by atoms with E-state index in [-0.39, 0.29) is 5.91 Å². The number of benzene rings is 3. The Bertz CT molecular complexity index is 902. The van der Waals surface area contributed by atoms with Crippen LogP contribution in [0.1, 0.15) is 18.9 Å². The Morgan fingerprint density at radius 3 is 2.48 bits per heavy atom. The average Bonchev–Trinajstić information content (AvgIpc) is 2.70. The van der Waals surface area contributed by atoms with Crippen molar-refractivity contribution in [3.05, 3.63) is 72.3 Å². The van der Waals surface area contributed by atoms with E-state index in [2.05, 4.69) is 17.4 Å². The Kier molecular flexibility index (Phi) is 6.31. The van der Waals surface area contributed by atoms with Crippen LogP contribution in [0.15, 0.2) is 66.7 Å². The van der Waals surface area contributed by atoms with Crippen molar-refractivity contribution in [3.63, 3.8) is 0 Å². The maximum Gasteiger partial charge on any atom is 0.261 e. The second kappa shape index (κ2) is 9.08. The van der Waals surface area contributed by atoms with E-state index >= 15 is 0 Å². The maximum atomic E-state index is 12.4. The van der Waals surface area contributed by atoms with E-state index in [0.29, 0.717) is 19.6 Å². The summed E-state index contributed by atoms with van der Waals surface area (Å²) in [5, 5.41) is 5.11. The van der Waals surface area contributed by atoms with Gasteiger partial charge in [-0.1, -0.05) is 61.5 Å². The van der Waals surface area contributed by atoms with E-state index in [1.807, 2.05) is 68.4 Å². The first-order valence-electron chi connectivity index (χ1n) is 9.29. The van der Waals surface area contributed by atoms with E-state index in [0.717, 1.165) is 27.8 Å². The quantitative estimate of drug-likeness (QED) is 0.600. The number of nitrogens with one attached hydrogen (secondary N) is 1. The van der Waals surface area contributed by atoms with E-state index < -0.39 is 6.10 Å². The molecule has 1 atom stereocenters. The van der Waals surface area contributed by atoms with Crippen LogP contribution in [0.2, 0.25) is 0 Å². The van der Waals surface area contributed by atoms with Crippen LogP contribution < -0.4 is 14.8 Å². The van der Waals surface area contributed by atoms with Gasteiger partial charge in [-0.2, -0.15) is 0 Å². The molecule has 0 saturated carbocycles. The van der Waals surface area contributed by atoms with Gasteiger partial charge in [0.25, 0.3) is 5.91 Å². The van der Waals surface area contributed by atoms with Gasteiger partial charge in [-0.15, -0.1) is 0 Å². The van der Waals surface area contributed by atoms with Crippen LogP contribution in [0, 0.1) is 6.92 Å². The Morgan fingerprint density at radius 2 is 1.67 bits per heavy atom. The summed E-state index contributed by atoms with van der Waals surface area (Å²) >= 11 is 0. The molecule has 4 heteroatoms. The first kappa shape index (κ1) is 18.8. The molecule has 0 aliphatic heterocycles. The number of rotatable bonds is 8. The van der Waals surface area contributed by atoms with Crippen molar-refractivity contribution < 1.29 is 14.3 Å². The summed E-state index contributed by atoms with van der Waals surface area (Å²) in [5.74, 6) is 1.44. The molecule has 0 aliphatic carbocycles. The molecule has 1 N–H and O–H groups in total. The molecule has 4 nitrogen and oxygen atoms in total. The number of carbonyl (C=O) groups excluding carboxylic acids is 1. The van der Waals surface area contributed by atoms with E-state index in [9.17, 15) is 4.79 Å². The average molecular weight is 363 g/mol. The number of hydrogen-bond acceptors (Lipinski definition) is 3. The summed E-state index contributed by atoms with van der Waals surface area (Å²) < 4.78 is 11.7. The molecule has 27 heavy (non-hydrogen) atoms. The van der Waals surface area contributed by atoms with Gasteiger partial charge >= 0.3 is 0 Å². The lowest BCUT2D eigenvalue weighted by Crippen LogP contribution is -2.39. The SMILES string of the molecule is CC[C@@H](Oc1ccccc1C)C(=O)NCCOc1cccc2ccccc12. The van der Waals surface area contributed by atoms with Crippen LogP contribution in [0.25, 0.3) is 10.8 Å². The normalized spacial score (nSPS) is 11.8. The van der Waals surface area contributed by atoms with Gasteiger partial charge in [-0.3, -0.25) is 4.79 Å². The number of carbonyl (C=O) groups is 1. The zero-order valence-electron chi connectivity index (χ0n) is 15.8. The molecule has 140 valence electrons. The van der Waals surface area contributed by atoms with Gasteiger partial charge in [0, 0.05) is 5.39 Å². The van der Waals surface area contributed by atoms with Crippen molar-refractivity contribution in [2.75, 3.05) is 13.2 Å². The highest BCUT2D eigenvalue weighted by Gasteiger charge is 2.18. The van der Waals surface area contributed by atoms with Gasteiger partial charge in [-0.05, 0) is 36.4 Å². The molecule has 0 bridgehead atoms. The Balaban J connectivity index is 1.51. The fourth-order valence-electron chi connectivity index (χ4n) is 2.93. The van der Waals surface area contributed by atoms with Crippen LogP contribution in [0.3, 0.4) is 0 Å². The van der Waals surface area contributed by atoms with Crippen molar-refractivity contribution in [2.45, 2.75) is 26.4 Å². The molecule has 0 aliphatic rings. The second-order valence-corrected chi connectivity index (χ2v) is 6.40. The molecule has 3 aromatic carbocycles. The molecule has 0 aromatic heterocycles. The van der Waals surface area contributed by atoms with Crippen molar-refractivity contribution in [1.29, 1.82) is 0 Å². The summed E-state index contributed by atoms with van der Waals surface area (Å²) in [6.45, 7) is 4.74. The number of amides is 1. The predicted octanol–water partition coefficient (Wildman–Crippen LogP) is 4.50. The summed E-state index contributed by atoms with van der Waals surface area (Å²) in [6, 6.07) is 21.8. The summed E-state index contributed by atoms with van der Waals surface area (Å²) in [4.78, 5) is 12.4. The first-order chi connectivity index (χ1) is 13.2. The smallest absolute Gasteiger partial charge is 0.261 e. The van der Waals surface area contributed by atoms with Gasteiger partial charge < -0.3 is 14.8 Å². The number of ether oxygens (including phenoxy) is 2. The summed E-state index contributed by atoms with van der Waals surface area (Å²) in [6.07, 6.45) is 0.0910. The minimum atomic E-state index is -0.511. The molecule has 3 aromatic rings. The zero-order valence-corrected chi connectivity index (χ0v) is 15.8. The van der Waals surface area contributed by atoms with Crippen molar-refractivity contribution >= 4 is 16.7 Å². The third-order valence-corrected chi connectivity index (χ3v) is 4.43. The zero-order chi connectivity index (χ0) is 19.1. The Labute approximate surface area is 160 Å². The summed E-state index contributed by atoms with van der Waals surface area (Å²) in [7, 11) is 0. The fraction of sp³-hybridized carbons (Fsp3) is 0.261. The fourth-order valence-corrected chi connectivity index (χ4v) is 2.93. The van der Waals surface area contributed by atoms with Crippen molar-refractivity contribution in [1.82, 2.24) is 5.32 Å². The standard InChI is InChI=1S/C23H25NO3/c1-3-20(27-21-13-7-4-9-17(21)2)23(25)24-15-16-26-22-14-8-11-18-10-5-6-12-19(18)22/h4-14,20H,3,15-16H2,1-2H3,(H,24,25)/t20-/m1/s1. The number of hydrogen-bond donors (Lipinski definition) is 1. The third kappa shape index (κ3) is 4.79. The highest BCUT2D eigenvalue weighted by atomic mass is 16.5. The number of para-hydroxylation sites is 1. The van der Waals surface area contributed by atoms with Crippen LogP contribution in [-0.4, -0.2) is 25.2 Å². The summed E-state index contributed by atoms with van der Waals surface area (Å²) in [5.41, 5.74) is 1.02. The van der Waals surface area contributed by atoms with Crippen molar-refractivity contribution in [2.24, 2.45) is 0 Å². The largest absolute Gasteiger partial charge is 0.491 e. The lowest BCUT2D eigenvalue weighted by molar-refractivity contribution is -0.128. The van der Waals surface area contributed by atoms with Gasteiger partial charge in [0.2, 0.25) is 0 Å². The Hall–Kier alpha value is -3.01. The molecule has 0 unspecified atom stereocenters. The van der Waals surface area contributed by atoms with E-state index in [4.69, 9.17) is 9.47 Å². The maximum absolute atomic E-state index is 12.4. The minimum Gasteiger partial charge on any atom is -0.491 e. The van der Waals surface area contributed by atoms with Crippen molar-refractivity contribution in [3.8, 4) is 11.5 Å². The van der Waals surface area contributed by atoms with E-state index in [1.54, 1.807) is 0 Å². The highest BCUT2D eigenvalue weighted by molar-refractivity contribution is 5.88. The first-order valence-corrected chi connectivity index (χ1v) is 9.29. The molecule has 0 heterocycles. The lowest BCUT2D eigenvalue weighted by Gasteiger charge is -2.18. The van der Waals surface area contributed by atoms with E-state index in [1.165, 1.54) is 0 Å². The second-order valence-electron chi connectivity index (χ2n) is 6.40. The Morgan fingerprint density at radius 1 is 0.963 bits per heavy atom. The third-order valence-electron chi connectivity index (χ3n) is 4.43. The van der Waals surface area contributed by atoms with Crippen LogP contribution >= 0.6 is 0 Å².